The van der Waals surface area contributed by atoms with E-state index in [4.69, 9.17) is 0 Å². The van der Waals surface area contributed by atoms with Gasteiger partial charge in [-0.2, -0.15) is 0 Å². The Morgan fingerprint density at radius 3 is 2.44 bits per heavy atom. The predicted molar refractivity (Wildman–Crippen MR) is 59.7 cm³/mol. The molecule has 1 aromatic rings. The number of ketones is 1. The summed E-state index contributed by atoms with van der Waals surface area (Å²) in [5, 5.41) is 0. The van der Waals surface area contributed by atoms with Crippen molar-refractivity contribution in [1.82, 2.24) is 0 Å². The first kappa shape index (κ1) is 12.6. The standard InChI is InChI=1S/C12H15F2NO/c1-8(16)4-5-9-6-7-10(13)11(14)12(9)15(2)3/h6-7H,4-5H2,1-3H3. The first-order valence-electron chi connectivity index (χ1n) is 5.07. The third kappa shape index (κ3) is 2.78. The molecular weight excluding hydrogens is 212 g/mol. The number of Topliss-reactive ketones (excluding diaryl/α,β-unsaturated/α-hetero) is 1. The van der Waals surface area contributed by atoms with Crippen LogP contribution in [0, 0.1) is 11.6 Å². The Balaban J connectivity index is 3.08. The van der Waals surface area contributed by atoms with Gasteiger partial charge in [-0.1, -0.05) is 6.07 Å². The average molecular weight is 227 g/mol. The van der Waals surface area contributed by atoms with E-state index in [9.17, 15) is 13.6 Å². The molecule has 0 bridgehead atoms. The topological polar surface area (TPSA) is 20.3 Å². The van der Waals surface area contributed by atoms with Crippen LogP contribution in [0.15, 0.2) is 12.1 Å². The molecule has 1 aromatic carbocycles. The summed E-state index contributed by atoms with van der Waals surface area (Å²) in [4.78, 5) is 12.4. The van der Waals surface area contributed by atoms with Gasteiger partial charge >= 0.3 is 0 Å². The second-order valence-electron chi connectivity index (χ2n) is 3.97. The average Bonchev–Trinajstić information content (AvgIpc) is 2.19. The number of aryl methyl sites for hydroxylation is 1. The fourth-order valence-electron chi connectivity index (χ4n) is 1.58. The van der Waals surface area contributed by atoms with Crippen LogP contribution in [0.5, 0.6) is 0 Å². The SMILES string of the molecule is CC(=O)CCc1ccc(F)c(F)c1N(C)C. The van der Waals surface area contributed by atoms with E-state index in [-0.39, 0.29) is 11.5 Å². The molecule has 0 saturated heterocycles. The molecule has 88 valence electrons. The van der Waals surface area contributed by atoms with Gasteiger partial charge in [-0.25, -0.2) is 8.78 Å². The van der Waals surface area contributed by atoms with E-state index >= 15 is 0 Å². The van der Waals surface area contributed by atoms with Crippen LogP contribution in [0.25, 0.3) is 0 Å². The molecule has 0 atom stereocenters. The van der Waals surface area contributed by atoms with Crippen molar-refractivity contribution in [2.24, 2.45) is 0 Å². The second-order valence-corrected chi connectivity index (χ2v) is 3.97. The first-order chi connectivity index (χ1) is 7.43. The van der Waals surface area contributed by atoms with Crippen molar-refractivity contribution in [3.05, 3.63) is 29.3 Å². The minimum absolute atomic E-state index is 0.0365. The lowest BCUT2D eigenvalue weighted by Gasteiger charge is -2.18. The molecule has 0 fully saturated rings. The summed E-state index contributed by atoms with van der Waals surface area (Å²) >= 11 is 0. The largest absolute Gasteiger partial charge is 0.375 e. The highest BCUT2D eigenvalue weighted by molar-refractivity contribution is 5.76. The number of hydrogen-bond acceptors (Lipinski definition) is 2. The van der Waals surface area contributed by atoms with Gasteiger partial charge in [-0.15, -0.1) is 0 Å². The minimum atomic E-state index is -0.865. The zero-order chi connectivity index (χ0) is 12.3. The highest BCUT2D eigenvalue weighted by atomic mass is 19.2. The highest BCUT2D eigenvalue weighted by Crippen LogP contribution is 2.26. The van der Waals surface area contributed by atoms with Gasteiger partial charge in [0.25, 0.3) is 0 Å². The predicted octanol–water partition coefficient (Wildman–Crippen LogP) is 2.55. The smallest absolute Gasteiger partial charge is 0.182 e. The zero-order valence-corrected chi connectivity index (χ0v) is 9.68. The number of nitrogens with zero attached hydrogens (tertiary/aromatic N) is 1. The van der Waals surface area contributed by atoms with E-state index in [2.05, 4.69) is 0 Å². The van der Waals surface area contributed by atoms with Crippen LogP contribution in [-0.2, 0) is 11.2 Å². The monoisotopic (exact) mass is 227 g/mol. The summed E-state index contributed by atoms with van der Waals surface area (Å²) in [6, 6.07) is 2.62. The number of anilines is 1. The zero-order valence-electron chi connectivity index (χ0n) is 9.68. The maximum atomic E-state index is 13.5. The fraction of sp³-hybridized carbons (Fsp3) is 0.417. The Bertz CT molecular complexity index is 402. The van der Waals surface area contributed by atoms with Crippen LogP contribution in [0.3, 0.4) is 0 Å². The molecule has 0 saturated carbocycles. The number of hydrogen-bond donors (Lipinski definition) is 0. The second kappa shape index (κ2) is 5.05. The molecule has 0 spiro atoms. The summed E-state index contributed by atoms with van der Waals surface area (Å²) in [6.07, 6.45) is 0.770. The molecule has 0 unspecified atom stereocenters. The van der Waals surface area contributed by atoms with Crippen molar-refractivity contribution in [3.8, 4) is 0 Å². The van der Waals surface area contributed by atoms with E-state index in [1.54, 1.807) is 14.1 Å². The van der Waals surface area contributed by atoms with E-state index in [1.807, 2.05) is 0 Å². The minimum Gasteiger partial charge on any atom is -0.375 e. The molecule has 0 aliphatic heterocycles. The van der Waals surface area contributed by atoms with Gasteiger partial charge in [0, 0.05) is 20.5 Å². The van der Waals surface area contributed by atoms with E-state index in [1.165, 1.54) is 17.9 Å². The quantitative estimate of drug-likeness (QED) is 0.787. The lowest BCUT2D eigenvalue weighted by Crippen LogP contribution is -2.15. The van der Waals surface area contributed by atoms with E-state index in [0.717, 1.165) is 6.07 Å². The number of carbonyl (C=O) groups excluding carboxylic acids is 1. The summed E-state index contributed by atoms with van der Waals surface area (Å²) in [5.41, 5.74) is 0.875. The molecule has 16 heavy (non-hydrogen) atoms. The van der Waals surface area contributed by atoms with Crippen LogP contribution in [0.2, 0.25) is 0 Å². The normalized spacial score (nSPS) is 10.3. The van der Waals surface area contributed by atoms with Crippen molar-refractivity contribution in [3.63, 3.8) is 0 Å². The van der Waals surface area contributed by atoms with Crippen LogP contribution < -0.4 is 4.90 Å². The third-order valence-electron chi connectivity index (χ3n) is 2.35. The molecule has 0 radical (unpaired) electrons. The van der Waals surface area contributed by atoms with E-state index in [0.29, 0.717) is 18.4 Å². The lowest BCUT2D eigenvalue weighted by molar-refractivity contribution is -0.116. The highest BCUT2D eigenvalue weighted by Gasteiger charge is 2.15. The molecular formula is C12H15F2NO. The van der Waals surface area contributed by atoms with Crippen LogP contribution >= 0.6 is 0 Å². The first-order valence-corrected chi connectivity index (χ1v) is 5.07. The Morgan fingerprint density at radius 1 is 1.31 bits per heavy atom. The molecule has 0 amide bonds. The Morgan fingerprint density at radius 2 is 1.94 bits per heavy atom. The van der Waals surface area contributed by atoms with Crippen molar-refractivity contribution in [1.29, 1.82) is 0 Å². The number of carbonyl (C=O) groups is 1. The number of halogens is 2. The van der Waals surface area contributed by atoms with Gasteiger partial charge < -0.3 is 9.69 Å². The molecule has 2 nitrogen and oxygen atoms in total. The van der Waals surface area contributed by atoms with Crippen LogP contribution in [0.4, 0.5) is 14.5 Å². The van der Waals surface area contributed by atoms with Gasteiger partial charge in [0.15, 0.2) is 11.6 Å². The summed E-state index contributed by atoms with van der Waals surface area (Å²) in [6.45, 7) is 1.48. The van der Waals surface area contributed by atoms with E-state index < -0.39 is 11.6 Å². The molecule has 0 aliphatic rings. The molecule has 4 heteroatoms. The Hall–Kier alpha value is -1.45. The molecule has 0 aromatic heterocycles. The molecule has 0 heterocycles. The maximum absolute atomic E-state index is 13.5. The Labute approximate surface area is 93.9 Å². The maximum Gasteiger partial charge on any atom is 0.182 e. The number of rotatable bonds is 4. The van der Waals surface area contributed by atoms with Gasteiger partial charge in [0.1, 0.15) is 5.78 Å². The van der Waals surface area contributed by atoms with Crippen molar-refractivity contribution < 1.29 is 13.6 Å². The molecule has 0 aliphatic carbocycles. The van der Waals surface area contributed by atoms with Crippen molar-refractivity contribution >= 4 is 11.5 Å². The van der Waals surface area contributed by atoms with Crippen molar-refractivity contribution in [2.75, 3.05) is 19.0 Å². The molecule has 0 N–H and O–H groups in total. The van der Waals surface area contributed by atoms with Crippen molar-refractivity contribution in [2.45, 2.75) is 19.8 Å². The third-order valence-corrected chi connectivity index (χ3v) is 2.35. The van der Waals surface area contributed by atoms with Gasteiger partial charge in [0.2, 0.25) is 0 Å². The fourth-order valence-corrected chi connectivity index (χ4v) is 1.58. The number of benzene rings is 1. The summed E-state index contributed by atoms with van der Waals surface area (Å²) in [5.74, 6) is -1.68. The Kier molecular flexibility index (Phi) is 3.99. The summed E-state index contributed by atoms with van der Waals surface area (Å²) in [7, 11) is 3.30. The van der Waals surface area contributed by atoms with Gasteiger partial charge in [-0.05, 0) is 25.0 Å². The van der Waals surface area contributed by atoms with Crippen LogP contribution in [0.1, 0.15) is 18.9 Å². The molecule has 1 rings (SSSR count). The lowest BCUT2D eigenvalue weighted by atomic mass is 10.0. The summed E-state index contributed by atoms with van der Waals surface area (Å²) < 4.78 is 26.6. The van der Waals surface area contributed by atoms with Gasteiger partial charge in [0.05, 0.1) is 5.69 Å². The van der Waals surface area contributed by atoms with Crippen LogP contribution in [-0.4, -0.2) is 19.9 Å². The van der Waals surface area contributed by atoms with Gasteiger partial charge in [-0.3, -0.25) is 0 Å².